The molecule has 0 unspecified atom stereocenters. The molecular formula is C15H11FO. The molecule has 0 aliphatic carbocycles. The maximum atomic E-state index is 12.9. The Hall–Kier alpha value is -2.27. The summed E-state index contributed by atoms with van der Waals surface area (Å²) in [5.41, 5.74) is 2.51. The van der Waals surface area contributed by atoms with Gasteiger partial charge < -0.3 is 4.74 Å². The second-order valence-corrected chi connectivity index (χ2v) is 3.57. The van der Waals surface area contributed by atoms with Gasteiger partial charge in [-0.15, -0.1) is 6.42 Å². The Bertz CT molecular complexity index is 564. The van der Waals surface area contributed by atoms with Crippen molar-refractivity contribution in [2.45, 2.75) is 0 Å². The molecule has 0 aromatic heterocycles. The Morgan fingerprint density at radius 2 is 1.82 bits per heavy atom. The van der Waals surface area contributed by atoms with E-state index in [4.69, 9.17) is 11.2 Å². The molecule has 0 aliphatic heterocycles. The minimum Gasteiger partial charge on any atom is -0.496 e. The Morgan fingerprint density at radius 1 is 1.12 bits per heavy atom. The zero-order valence-electron chi connectivity index (χ0n) is 9.41. The van der Waals surface area contributed by atoms with Crippen LogP contribution in [-0.4, -0.2) is 7.11 Å². The van der Waals surface area contributed by atoms with Crippen molar-refractivity contribution >= 4 is 0 Å². The largest absolute Gasteiger partial charge is 0.496 e. The summed E-state index contributed by atoms with van der Waals surface area (Å²) in [6.07, 6.45) is 5.36. The summed E-state index contributed by atoms with van der Waals surface area (Å²) in [7, 11) is 1.60. The fraction of sp³-hybridized carbons (Fsp3) is 0.0667. The molecule has 0 radical (unpaired) electrons. The van der Waals surface area contributed by atoms with E-state index in [-0.39, 0.29) is 5.82 Å². The highest BCUT2D eigenvalue weighted by Crippen LogP contribution is 2.30. The molecule has 0 aliphatic rings. The van der Waals surface area contributed by atoms with E-state index < -0.39 is 0 Å². The van der Waals surface area contributed by atoms with Crippen molar-refractivity contribution in [1.82, 2.24) is 0 Å². The van der Waals surface area contributed by atoms with Gasteiger partial charge in [-0.25, -0.2) is 4.39 Å². The number of ether oxygens (including phenoxy) is 1. The van der Waals surface area contributed by atoms with E-state index in [1.807, 2.05) is 18.2 Å². The Morgan fingerprint density at radius 3 is 2.41 bits per heavy atom. The third-order valence-corrected chi connectivity index (χ3v) is 2.52. The lowest BCUT2D eigenvalue weighted by Gasteiger charge is -2.09. The lowest BCUT2D eigenvalue weighted by atomic mass is 10.0. The topological polar surface area (TPSA) is 9.23 Å². The van der Waals surface area contributed by atoms with Gasteiger partial charge in [0.25, 0.3) is 0 Å². The molecule has 0 heterocycles. The van der Waals surface area contributed by atoms with Crippen LogP contribution >= 0.6 is 0 Å². The number of hydrogen-bond acceptors (Lipinski definition) is 1. The van der Waals surface area contributed by atoms with Crippen LogP contribution in [0.1, 0.15) is 5.56 Å². The molecule has 0 fully saturated rings. The van der Waals surface area contributed by atoms with Gasteiger partial charge in [0, 0.05) is 11.1 Å². The first-order valence-electron chi connectivity index (χ1n) is 5.15. The highest BCUT2D eigenvalue weighted by Gasteiger charge is 2.06. The molecule has 17 heavy (non-hydrogen) atoms. The number of terminal acetylenes is 1. The average Bonchev–Trinajstić information content (AvgIpc) is 2.39. The summed E-state index contributed by atoms with van der Waals surface area (Å²) >= 11 is 0. The van der Waals surface area contributed by atoms with E-state index >= 15 is 0 Å². The van der Waals surface area contributed by atoms with Gasteiger partial charge >= 0.3 is 0 Å². The van der Waals surface area contributed by atoms with Crippen molar-refractivity contribution in [2.75, 3.05) is 7.11 Å². The summed E-state index contributed by atoms with van der Waals surface area (Å²) in [6, 6.07) is 11.7. The van der Waals surface area contributed by atoms with Crippen molar-refractivity contribution in [3.05, 3.63) is 53.8 Å². The van der Waals surface area contributed by atoms with Crippen molar-refractivity contribution in [2.24, 2.45) is 0 Å². The molecule has 0 spiro atoms. The molecular weight excluding hydrogens is 215 g/mol. The van der Waals surface area contributed by atoms with Crippen molar-refractivity contribution in [3.8, 4) is 29.2 Å². The summed E-state index contributed by atoms with van der Waals surface area (Å²) in [4.78, 5) is 0. The van der Waals surface area contributed by atoms with Crippen LogP contribution in [0.3, 0.4) is 0 Å². The quantitative estimate of drug-likeness (QED) is 0.712. The van der Waals surface area contributed by atoms with E-state index in [0.29, 0.717) is 0 Å². The second-order valence-electron chi connectivity index (χ2n) is 3.57. The van der Waals surface area contributed by atoms with Crippen molar-refractivity contribution < 1.29 is 9.13 Å². The van der Waals surface area contributed by atoms with Crippen molar-refractivity contribution in [3.63, 3.8) is 0 Å². The minimum absolute atomic E-state index is 0.263. The standard InChI is InChI=1S/C15H11FO/c1-3-11-4-9-15(17-2)14(10-11)12-5-7-13(16)8-6-12/h1,4-10H,2H3. The van der Waals surface area contributed by atoms with Gasteiger partial charge in [-0.3, -0.25) is 0 Å². The molecule has 0 atom stereocenters. The predicted octanol–water partition coefficient (Wildman–Crippen LogP) is 3.48. The van der Waals surface area contributed by atoms with Crippen LogP contribution in [0.4, 0.5) is 4.39 Å². The molecule has 0 bridgehead atoms. The smallest absolute Gasteiger partial charge is 0.126 e. The normalized spacial score (nSPS) is 9.71. The van der Waals surface area contributed by atoms with Gasteiger partial charge in [0.15, 0.2) is 0 Å². The predicted molar refractivity (Wildman–Crippen MR) is 66.3 cm³/mol. The van der Waals surface area contributed by atoms with E-state index in [0.717, 1.165) is 22.4 Å². The first-order chi connectivity index (χ1) is 8.24. The van der Waals surface area contributed by atoms with Gasteiger partial charge in [0.05, 0.1) is 7.11 Å². The molecule has 84 valence electrons. The number of benzene rings is 2. The van der Waals surface area contributed by atoms with Crippen LogP contribution in [0, 0.1) is 18.2 Å². The maximum Gasteiger partial charge on any atom is 0.126 e. The average molecular weight is 226 g/mol. The molecule has 0 saturated carbocycles. The fourth-order valence-corrected chi connectivity index (χ4v) is 1.65. The number of rotatable bonds is 2. The van der Waals surface area contributed by atoms with E-state index in [2.05, 4.69) is 5.92 Å². The third-order valence-electron chi connectivity index (χ3n) is 2.52. The highest BCUT2D eigenvalue weighted by atomic mass is 19.1. The van der Waals surface area contributed by atoms with E-state index in [1.54, 1.807) is 19.2 Å². The highest BCUT2D eigenvalue weighted by molar-refractivity contribution is 5.72. The summed E-state index contributed by atoms with van der Waals surface area (Å²) < 4.78 is 18.1. The maximum absolute atomic E-state index is 12.9. The summed E-state index contributed by atoms with van der Waals surface area (Å²) in [5.74, 6) is 3.03. The monoisotopic (exact) mass is 226 g/mol. The van der Waals surface area contributed by atoms with E-state index in [9.17, 15) is 4.39 Å². The van der Waals surface area contributed by atoms with Crippen LogP contribution in [0.15, 0.2) is 42.5 Å². The van der Waals surface area contributed by atoms with Crippen LogP contribution in [0.5, 0.6) is 5.75 Å². The van der Waals surface area contributed by atoms with Crippen LogP contribution in [0.2, 0.25) is 0 Å². The SMILES string of the molecule is C#Cc1ccc(OC)c(-c2ccc(F)cc2)c1. The minimum atomic E-state index is -0.263. The molecule has 2 aromatic carbocycles. The molecule has 2 heteroatoms. The molecule has 0 N–H and O–H groups in total. The third kappa shape index (κ3) is 2.29. The molecule has 2 aromatic rings. The molecule has 1 nitrogen and oxygen atoms in total. The van der Waals surface area contributed by atoms with Gasteiger partial charge in [0.2, 0.25) is 0 Å². The van der Waals surface area contributed by atoms with Crippen LogP contribution < -0.4 is 4.74 Å². The van der Waals surface area contributed by atoms with E-state index in [1.165, 1.54) is 12.1 Å². The van der Waals surface area contributed by atoms with Gasteiger partial charge in [-0.05, 0) is 35.9 Å². The zero-order valence-corrected chi connectivity index (χ0v) is 9.41. The zero-order chi connectivity index (χ0) is 12.3. The Balaban J connectivity index is 2.56. The second kappa shape index (κ2) is 4.71. The van der Waals surface area contributed by atoms with Gasteiger partial charge in [0.1, 0.15) is 11.6 Å². The molecule has 2 rings (SSSR count). The summed E-state index contributed by atoms with van der Waals surface area (Å²) in [5, 5.41) is 0. The fourth-order valence-electron chi connectivity index (χ4n) is 1.65. The summed E-state index contributed by atoms with van der Waals surface area (Å²) in [6.45, 7) is 0. The van der Waals surface area contributed by atoms with Crippen molar-refractivity contribution in [1.29, 1.82) is 0 Å². The lowest BCUT2D eigenvalue weighted by molar-refractivity contribution is 0.416. The Kier molecular flexibility index (Phi) is 3.11. The number of halogens is 1. The Labute approximate surface area is 99.9 Å². The van der Waals surface area contributed by atoms with Crippen LogP contribution in [0.25, 0.3) is 11.1 Å². The lowest BCUT2D eigenvalue weighted by Crippen LogP contribution is -1.89. The van der Waals surface area contributed by atoms with Crippen LogP contribution in [-0.2, 0) is 0 Å². The molecule has 0 saturated heterocycles. The first-order valence-corrected chi connectivity index (χ1v) is 5.15. The first kappa shape index (κ1) is 11.2. The van der Waals surface area contributed by atoms with Gasteiger partial charge in [-0.2, -0.15) is 0 Å². The number of hydrogen-bond donors (Lipinski definition) is 0. The molecule has 0 amide bonds. The van der Waals surface area contributed by atoms with Gasteiger partial charge in [-0.1, -0.05) is 18.1 Å². The number of methoxy groups -OCH3 is 1.